The molecule has 41 heavy (non-hydrogen) atoms. The largest absolute Gasteiger partial charge is 0.497 e. The number of benzene rings is 3. The fraction of sp³-hybridized carbons (Fsp3) is 0.528. The number of piperidine rings is 1. The third kappa shape index (κ3) is 5.76. The number of hydrogen-bond acceptors (Lipinski definition) is 4. The molecule has 218 valence electrons. The number of nitrogens with zero attached hydrogens (tertiary/aromatic N) is 2. The maximum absolute atomic E-state index is 14.4. The minimum Gasteiger partial charge on any atom is -0.497 e. The molecule has 3 aromatic carbocycles. The van der Waals surface area contributed by atoms with Crippen LogP contribution in [0.1, 0.15) is 61.9 Å². The summed E-state index contributed by atoms with van der Waals surface area (Å²) in [7, 11) is 3.63. The first kappa shape index (κ1) is 28.2. The molecule has 0 aromatic heterocycles. The summed E-state index contributed by atoms with van der Waals surface area (Å²) >= 11 is 0. The molecule has 3 fully saturated rings. The van der Waals surface area contributed by atoms with Crippen LogP contribution in [0.25, 0.3) is 10.8 Å². The molecule has 4 unspecified atom stereocenters. The van der Waals surface area contributed by atoms with Gasteiger partial charge in [-0.25, -0.2) is 0 Å². The Hall–Kier alpha value is -2.89. The van der Waals surface area contributed by atoms with Crippen LogP contribution in [0.4, 0.5) is 0 Å². The first-order valence-electron chi connectivity index (χ1n) is 15.6. The summed E-state index contributed by atoms with van der Waals surface area (Å²) in [5, 5.41) is 2.27. The molecule has 5 nitrogen and oxygen atoms in total. The zero-order valence-electron chi connectivity index (χ0n) is 25.2. The second kappa shape index (κ2) is 11.8. The van der Waals surface area contributed by atoms with Crippen molar-refractivity contribution < 1.29 is 14.3 Å². The van der Waals surface area contributed by atoms with Gasteiger partial charge >= 0.3 is 0 Å². The minimum atomic E-state index is -0.0723. The smallest absolute Gasteiger partial charge is 0.254 e. The lowest BCUT2D eigenvalue weighted by atomic mass is 9.56. The number of rotatable bonds is 9. The lowest BCUT2D eigenvalue weighted by molar-refractivity contribution is -0.0824. The fourth-order valence-corrected chi connectivity index (χ4v) is 7.77. The first-order chi connectivity index (χ1) is 19.9. The molecule has 1 aliphatic heterocycles. The Bertz CT molecular complexity index is 1370. The van der Waals surface area contributed by atoms with Gasteiger partial charge in [0.05, 0.1) is 13.2 Å². The molecule has 0 bridgehead atoms. The van der Waals surface area contributed by atoms with E-state index < -0.39 is 0 Å². The van der Waals surface area contributed by atoms with Gasteiger partial charge in [0.25, 0.3) is 5.91 Å². The summed E-state index contributed by atoms with van der Waals surface area (Å²) in [4.78, 5) is 19.2. The van der Waals surface area contributed by atoms with Gasteiger partial charge in [0.15, 0.2) is 0 Å². The fourth-order valence-electron chi connectivity index (χ4n) is 7.77. The van der Waals surface area contributed by atoms with Crippen LogP contribution < -0.4 is 4.74 Å². The summed E-state index contributed by atoms with van der Waals surface area (Å²) in [5.41, 5.74) is 2.04. The molecule has 3 aromatic rings. The van der Waals surface area contributed by atoms with Gasteiger partial charge in [0.2, 0.25) is 0 Å². The standard InChI is InChI=1S/C36H46N2O3/c1-25(2)22-38(35(39)29-15-14-27-8-5-6-9-28(27)18-29)31-20-34(41-4)33-24-37(23-26-12-13-26)17-16-36(33,21-31)30-10-7-11-32(19-30)40-3/h5-11,14-15,18-19,25-26,31,33-34H,12-13,16-17,20-24H2,1-4H3. The maximum Gasteiger partial charge on any atom is 0.254 e. The average molecular weight is 555 g/mol. The molecular formula is C36H46N2O3. The number of amides is 1. The van der Waals surface area contributed by atoms with Crippen molar-refractivity contribution in [2.24, 2.45) is 17.8 Å². The second-order valence-electron chi connectivity index (χ2n) is 13.2. The van der Waals surface area contributed by atoms with E-state index in [4.69, 9.17) is 9.47 Å². The van der Waals surface area contributed by atoms with Gasteiger partial charge in [-0.15, -0.1) is 0 Å². The highest BCUT2D eigenvalue weighted by Gasteiger charge is 2.54. The monoisotopic (exact) mass is 554 g/mol. The zero-order valence-corrected chi connectivity index (χ0v) is 25.2. The number of carbonyl (C=O) groups is 1. The highest BCUT2D eigenvalue weighted by atomic mass is 16.5. The number of carbonyl (C=O) groups excluding carboxylic acids is 1. The second-order valence-corrected chi connectivity index (χ2v) is 13.2. The number of methoxy groups -OCH3 is 2. The predicted molar refractivity (Wildman–Crippen MR) is 166 cm³/mol. The van der Waals surface area contributed by atoms with Gasteiger partial charge < -0.3 is 19.3 Å². The van der Waals surface area contributed by atoms with Crippen molar-refractivity contribution in [3.63, 3.8) is 0 Å². The normalized spacial score (nSPS) is 26.6. The zero-order chi connectivity index (χ0) is 28.6. The van der Waals surface area contributed by atoms with Crippen LogP contribution in [0.5, 0.6) is 5.75 Å². The lowest BCUT2D eigenvalue weighted by Gasteiger charge is -2.57. The molecule has 6 rings (SSSR count). The Morgan fingerprint density at radius 2 is 1.83 bits per heavy atom. The SMILES string of the molecule is COc1cccc(C23CCN(CC4CC4)CC2C(OC)CC(N(CC(C)C)C(=O)c2ccc4ccccc4c2)C3)c1. The molecule has 0 spiro atoms. The van der Waals surface area contributed by atoms with Crippen LogP contribution in [0.2, 0.25) is 0 Å². The molecule has 1 saturated heterocycles. The van der Waals surface area contributed by atoms with Gasteiger partial charge in [0.1, 0.15) is 5.75 Å². The van der Waals surface area contributed by atoms with Crippen LogP contribution in [0.15, 0.2) is 66.7 Å². The van der Waals surface area contributed by atoms with E-state index in [0.717, 1.165) is 66.9 Å². The van der Waals surface area contributed by atoms with E-state index in [2.05, 4.69) is 66.1 Å². The molecule has 1 heterocycles. The van der Waals surface area contributed by atoms with Gasteiger partial charge in [-0.3, -0.25) is 4.79 Å². The van der Waals surface area contributed by atoms with Crippen molar-refractivity contribution in [2.75, 3.05) is 40.4 Å². The number of hydrogen-bond donors (Lipinski definition) is 0. The van der Waals surface area contributed by atoms with Crippen molar-refractivity contribution in [1.82, 2.24) is 9.80 Å². The van der Waals surface area contributed by atoms with Crippen molar-refractivity contribution in [2.45, 2.75) is 63.5 Å². The van der Waals surface area contributed by atoms with Crippen LogP contribution >= 0.6 is 0 Å². The summed E-state index contributed by atoms with van der Waals surface area (Å²) in [6.07, 6.45) is 5.73. The third-order valence-electron chi connectivity index (χ3n) is 10.0. The van der Waals surface area contributed by atoms with Crippen molar-refractivity contribution in [1.29, 1.82) is 0 Å². The molecular weight excluding hydrogens is 508 g/mol. The molecule has 1 amide bonds. The van der Waals surface area contributed by atoms with Crippen molar-refractivity contribution in [3.05, 3.63) is 77.9 Å². The van der Waals surface area contributed by atoms with Gasteiger partial charge in [-0.1, -0.05) is 56.3 Å². The highest BCUT2D eigenvalue weighted by Crippen LogP contribution is 2.52. The Morgan fingerprint density at radius 1 is 1.02 bits per heavy atom. The van der Waals surface area contributed by atoms with Gasteiger partial charge in [-0.05, 0) is 91.1 Å². The molecule has 3 aliphatic rings. The van der Waals surface area contributed by atoms with Crippen LogP contribution in [-0.2, 0) is 10.2 Å². The van der Waals surface area contributed by atoms with E-state index in [9.17, 15) is 4.79 Å². The summed E-state index contributed by atoms with van der Waals surface area (Å²) in [6.45, 7) is 8.53. The van der Waals surface area contributed by atoms with Crippen molar-refractivity contribution >= 4 is 16.7 Å². The minimum absolute atomic E-state index is 0.0723. The van der Waals surface area contributed by atoms with Crippen LogP contribution in [0.3, 0.4) is 0 Å². The van der Waals surface area contributed by atoms with Gasteiger partial charge in [-0.2, -0.15) is 0 Å². The van der Waals surface area contributed by atoms with Gasteiger partial charge in [0, 0.05) is 49.7 Å². The topological polar surface area (TPSA) is 42.0 Å². The summed E-state index contributed by atoms with van der Waals surface area (Å²) in [6, 6.07) is 23.3. The van der Waals surface area contributed by atoms with E-state index in [1.807, 2.05) is 31.4 Å². The van der Waals surface area contributed by atoms with Crippen molar-refractivity contribution in [3.8, 4) is 5.75 Å². The highest BCUT2D eigenvalue weighted by molar-refractivity contribution is 5.98. The van der Waals surface area contributed by atoms with E-state index >= 15 is 0 Å². The molecule has 2 aliphatic carbocycles. The first-order valence-corrected chi connectivity index (χ1v) is 15.6. The van der Waals surface area contributed by atoms with E-state index in [1.54, 1.807) is 7.11 Å². The number of fused-ring (bicyclic) bond motifs is 2. The molecule has 5 heteroatoms. The molecule has 4 atom stereocenters. The van der Waals surface area contributed by atoms with E-state index in [0.29, 0.717) is 11.8 Å². The maximum atomic E-state index is 14.4. The molecule has 2 saturated carbocycles. The Balaban J connectivity index is 1.37. The van der Waals surface area contributed by atoms with Crippen LogP contribution in [-0.4, -0.2) is 68.3 Å². The van der Waals surface area contributed by atoms with Crippen LogP contribution in [0, 0.1) is 17.8 Å². The quantitative estimate of drug-likeness (QED) is 0.292. The van der Waals surface area contributed by atoms with E-state index in [1.165, 1.54) is 24.9 Å². The number of ether oxygens (including phenoxy) is 2. The Kier molecular flexibility index (Phi) is 8.11. The molecule has 0 radical (unpaired) electrons. The summed E-state index contributed by atoms with van der Waals surface area (Å²) < 4.78 is 12.1. The van der Waals surface area contributed by atoms with E-state index in [-0.39, 0.29) is 23.5 Å². The lowest BCUT2D eigenvalue weighted by Crippen LogP contribution is -2.62. The molecule has 0 N–H and O–H groups in total. The predicted octanol–water partition coefficient (Wildman–Crippen LogP) is 6.79. The number of likely N-dealkylation sites (tertiary alicyclic amines) is 1. The third-order valence-corrected chi connectivity index (χ3v) is 10.0. The Labute approximate surface area is 245 Å². The summed E-state index contributed by atoms with van der Waals surface area (Å²) in [5.74, 6) is 2.65. The Morgan fingerprint density at radius 3 is 2.56 bits per heavy atom. The average Bonchev–Trinajstić information content (AvgIpc) is 3.82.